The number of aromatic nitrogens is 3. The average molecular weight is 526 g/mol. The predicted octanol–water partition coefficient (Wildman–Crippen LogP) is 9.58. The molecule has 0 fully saturated rings. The van der Waals surface area contributed by atoms with Crippen molar-refractivity contribution in [2.75, 3.05) is 0 Å². The van der Waals surface area contributed by atoms with Gasteiger partial charge in [-0.15, -0.1) is 0 Å². The molecule has 2 heterocycles. The van der Waals surface area contributed by atoms with Gasteiger partial charge in [0.15, 0.2) is 0 Å². The van der Waals surface area contributed by atoms with E-state index < -0.39 is 0 Å². The van der Waals surface area contributed by atoms with Crippen molar-refractivity contribution in [2.45, 2.75) is 19.3 Å². The minimum Gasteiger partial charge on any atom is -0.309 e. The Morgan fingerprint density at radius 2 is 1.24 bits per heavy atom. The number of hydrogen-bond acceptors (Lipinski definition) is 1. The van der Waals surface area contributed by atoms with Gasteiger partial charge in [-0.25, -0.2) is 4.98 Å². The van der Waals surface area contributed by atoms with Crippen molar-refractivity contribution in [2.24, 2.45) is 0 Å². The van der Waals surface area contributed by atoms with Gasteiger partial charge in [0.25, 0.3) is 0 Å². The zero-order valence-corrected chi connectivity index (χ0v) is 23.0. The molecule has 0 unspecified atom stereocenters. The van der Waals surface area contributed by atoms with Gasteiger partial charge in [-0.2, -0.15) is 0 Å². The number of hydrogen-bond donors (Lipinski definition) is 0. The van der Waals surface area contributed by atoms with E-state index in [2.05, 4.69) is 138 Å². The number of imidazole rings is 1. The molecule has 3 heteroatoms. The molecule has 3 nitrogen and oxygen atoms in total. The van der Waals surface area contributed by atoms with E-state index in [4.69, 9.17) is 4.98 Å². The molecule has 1 aliphatic rings. The molecule has 1 aliphatic carbocycles. The summed E-state index contributed by atoms with van der Waals surface area (Å²) in [5, 5.41) is 5.15. The Hall–Kier alpha value is -5.15. The van der Waals surface area contributed by atoms with Crippen molar-refractivity contribution < 1.29 is 0 Å². The van der Waals surface area contributed by atoms with Crippen molar-refractivity contribution in [3.05, 3.63) is 139 Å². The first-order chi connectivity index (χ1) is 20.1. The summed E-state index contributed by atoms with van der Waals surface area (Å²) in [6.45, 7) is 4.74. The van der Waals surface area contributed by atoms with Crippen LogP contribution in [0, 0.1) is 0 Å². The van der Waals surface area contributed by atoms with Gasteiger partial charge in [0.05, 0.1) is 22.1 Å². The molecule has 0 saturated carbocycles. The lowest BCUT2D eigenvalue weighted by Gasteiger charge is -2.22. The van der Waals surface area contributed by atoms with E-state index in [-0.39, 0.29) is 5.41 Å². The highest BCUT2D eigenvalue weighted by Crippen LogP contribution is 2.52. The van der Waals surface area contributed by atoms with Gasteiger partial charge in [0.2, 0.25) is 0 Å². The van der Waals surface area contributed by atoms with Gasteiger partial charge in [-0.3, -0.25) is 4.57 Å². The lowest BCUT2D eigenvalue weighted by Crippen LogP contribution is -2.15. The molecule has 0 aliphatic heterocycles. The zero-order valence-electron chi connectivity index (χ0n) is 23.0. The third-order valence-corrected chi connectivity index (χ3v) is 9.16. The molecule has 0 amide bonds. The number of nitrogens with zero attached hydrogens (tertiary/aromatic N) is 3. The minimum absolute atomic E-state index is 0.0947. The highest BCUT2D eigenvalue weighted by molar-refractivity contribution is 6.12. The highest BCUT2D eigenvalue weighted by atomic mass is 15.1. The maximum Gasteiger partial charge on any atom is 0.100 e. The molecule has 0 atom stereocenters. The summed E-state index contributed by atoms with van der Waals surface area (Å²) >= 11 is 0. The van der Waals surface area contributed by atoms with E-state index in [1.165, 1.54) is 54.8 Å². The van der Waals surface area contributed by atoms with E-state index in [0.717, 1.165) is 22.4 Å². The van der Waals surface area contributed by atoms with Crippen LogP contribution < -0.4 is 0 Å². The SMILES string of the molecule is CC1(C)c2cc3ccccc3cc2-c2cc3c4ccccc4n(-c4ccc5c(c4)ncn5-c4ccccc4)c3cc21. The first-order valence-electron chi connectivity index (χ1n) is 14.2. The van der Waals surface area contributed by atoms with Crippen molar-refractivity contribution in [3.63, 3.8) is 0 Å². The highest BCUT2D eigenvalue weighted by Gasteiger charge is 2.36. The Morgan fingerprint density at radius 1 is 0.537 bits per heavy atom. The quantitative estimate of drug-likeness (QED) is 0.220. The second-order valence-corrected chi connectivity index (χ2v) is 11.8. The van der Waals surface area contributed by atoms with Crippen molar-refractivity contribution >= 4 is 43.6 Å². The van der Waals surface area contributed by atoms with Gasteiger partial charge in [-0.1, -0.05) is 74.5 Å². The Bertz CT molecular complexity index is 2330. The number of fused-ring (bicyclic) bond motifs is 8. The summed E-state index contributed by atoms with van der Waals surface area (Å²) in [5.74, 6) is 0. The van der Waals surface area contributed by atoms with Gasteiger partial charge >= 0.3 is 0 Å². The Labute approximate surface area is 237 Å². The molecule has 9 rings (SSSR count). The molecular weight excluding hydrogens is 498 g/mol. The Kier molecular flexibility index (Phi) is 4.39. The fourth-order valence-electron chi connectivity index (χ4n) is 7.09. The molecule has 41 heavy (non-hydrogen) atoms. The van der Waals surface area contributed by atoms with Gasteiger partial charge in [0, 0.05) is 27.6 Å². The molecule has 0 spiro atoms. The van der Waals surface area contributed by atoms with Gasteiger partial charge in [0.1, 0.15) is 6.33 Å². The van der Waals surface area contributed by atoms with Crippen molar-refractivity contribution in [3.8, 4) is 22.5 Å². The third kappa shape index (κ3) is 3.06. The summed E-state index contributed by atoms with van der Waals surface area (Å²) in [4.78, 5) is 4.81. The lowest BCUT2D eigenvalue weighted by atomic mass is 9.81. The minimum atomic E-state index is -0.0947. The topological polar surface area (TPSA) is 22.8 Å². The molecule has 0 bridgehead atoms. The third-order valence-electron chi connectivity index (χ3n) is 9.16. The molecule has 2 aromatic heterocycles. The molecular formula is C38H27N3. The summed E-state index contributed by atoms with van der Waals surface area (Å²) in [6, 6.07) is 44.2. The van der Waals surface area contributed by atoms with Crippen LogP contribution in [0.4, 0.5) is 0 Å². The summed E-state index contributed by atoms with van der Waals surface area (Å²) in [5.41, 5.74) is 12.2. The Balaban J connectivity index is 1.30. The van der Waals surface area contributed by atoms with E-state index >= 15 is 0 Å². The van der Waals surface area contributed by atoms with Crippen LogP contribution >= 0.6 is 0 Å². The summed E-state index contributed by atoms with van der Waals surface area (Å²) in [6.07, 6.45) is 1.92. The maximum absolute atomic E-state index is 4.81. The summed E-state index contributed by atoms with van der Waals surface area (Å²) in [7, 11) is 0. The van der Waals surface area contributed by atoms with Crippen LogP contribution in [0.2, 0.25) is 0 Å². The predicted molar refractivity (Wildman–Crippen MR) is 170 cm³/mol. The van der Waals surface area contributed by atoms with Gasteiger partial charge in [-0.05, 0) is 93.7 Å². The molecule has 0 radical (unpaired) electrons. The Morgan fingerprint density at radius 3 is 2.10 bits per heavy atom. The lowest BCUT2D eigenvalue weighted by molar-refractivity contribution is 0.662. The number of rotatable bonds is 2. The molecule has 0 N–H and O–H groups in total. The van der Waals surface area contributed by atoms with Crippen LogP contribution in [0.5, 0.6) is 0 Å². The standard InChI is InChI=1S/C38H27N3/c1-38(2)32-19-25-11-7-6-10-24(25)18-29(32)30-21-31-28-14-8-9-15-35(28)41(37(31)22-33(30)38)27-16-17-36-34(20-27)39-23-40(36)26-12-4-3-5-13-26/h3-23H,1-2H3. The maximum atomic E-state index is 4.81. The van der Waals surface area contributed by atoms with E-state index in [1.807, 2.05) is 12.4 Å². The molecule has 6 aromatic carbocycles. The molecule has 0 saturated heterocycles. The summed E-state index contributed by atoms with van der Waals surface area (Å²) < 4.78 is 4.57. The van der Waals surface area contributed by atoms with Gasteiger partial charge < -0.3 is 4.57 Å². The first-order valence-corrected chi connectivity index (χ1v) is 14.2. The van der Waals surface area contributed by atoms with Crippen LogP contribution in [0.25, 0.3) is 66.1 Å². The molecule has 194 valence electrons. The number of para-hydroxylation sites is 2. The van der Waals surface area contributed by atoms with Crippen molar-refractivity contribution in [1.29, 1.82) is 0 Å². The van der Waals surface area contributed by atoms with E-state index in [9.17, 15) is 0 Å². The number of benzene rings is 6. The molecule has 8 aromatic rings. The van der Waals surface area contributed by atoms with Crippen molar-refractivity contribution in [1.82, 2.24) is 14.1 Å². The zero-order chi connectivity index (χ0) is 27.3. The van der Waals surface area contributed by atoms with Crippen LogP contribution in [-0.4, -0.2) is 14.1 Å². The fraction of sp³-hybridized carbons (Fsp3) is 0.0789. The second-order valence-electron chi connectivity index (χ2n) is 11.8. The monoisotopic (exact) mass is 525 g/mol. The van der Waals surface area contributed by atoms with Crippen LogP contribution in [0.15, 0.2) is 128 Å². The fourth-order valence-corrected chi connectivity index (χ4v) is 7.09. The average Bonchev–Trinajstić information content (AvgIpc) is 3.64. The van der Waals surface area contributed by atoms with Crippen LogP contribution in [0.3, 0.4) is 0 Å². The largest absolute Gasteiger partial charge is 0.309 e. The van der Waals surface area contributed by atoms with Crippen LogP contribution in [0.1, 0.15) is 25.0 Å². The normalized spacial score (nSPS) is 13.8. The van der Waals surface area contributed by atoms with Crippen LogP contribution in [-0.2, 0) is 5.41 Å². The second kappa shape index (κ2) is 7.96. The smallest absolute Gasteiger partial charge is 0.100 e. The first kappa shape index (κ1) is 22.6. The van der Waals surface area contributed by atoms with E-state index in [0.29, 0.717) is 0 Å². The van der Waals surface area contributed by atoms with E-state index in [1.54, 1.807) is 0 Å².